The van der Waals surface area contributed by atoms with Gasteiger partial charge in [-0.3, -0.25) is 14.9 Å². The third-order valence-electron chi connectivity index (χ3n) is 2.58. The Kier molecular flexibility index (Phi) is 7.21. The van der Waals surface area contributed by atoms with Crippen molar-refractivity contribution in [3.05, 3.63) is 75.8 Å². The number of thiocarbonyl (C=S) groups is 1. The quantitative estimate of drug-likeness (QED) is 0.400. The second-order valence-corrected chi connectivity index (χ2v) is 5.57. The van der Waals surface area contributed by atoms with Crippen LogP contribution in [0.3, 0.4) is 0 Å². The number of carbonyl (C=O) groups excluding carboxylic acids is 1. The normalized spacial score (nSPS) is 9.32. The van der Waals surface area contributed by atoms with Crippen LogP contribution < -0.4 is 5.73 Å². The second-order valence-electron chi connectivity index (χ2n) is 4.02. The summed E-state index contributed by atoms with van der Waals surface area (Å²) in [7, 11) is 0. The first-order valence-electron chi connectivity index (χ1n) is 6.13. The molecule has 0 saturated heterocycles. The summed E-state index contributed by atoms with van der Waals surface area (Å²) in [6.07, 6.45) is 1.85. The Morgan fingerprint density at radius 1 is 1.09 bits per heavy atom. The summed E-state index contributed by atoms with van der Waals surface area (Å²) in [5.74, 6) is -0.138. The van der Waals surface area contributed by atoms with E-state index in [2.05, 4.69) is 12.2 Å². The number of hydrogen-bond acceptors (Lipinski definition) is 5. The number of nitro benzene ring substituents is 1. The fraction of sp³-hybridized carbons (Fsp3) is 0.0667. The summed E-state index contributed by atoms with van der Waals surface area (Å²) in [6.45, 7) is 0. The van der Waals surface area contributed by atoms with Crippen molar-refractivity contribution in [2.24, 2.45) is 5.73 Å². The van der Waals surface area contributed by atoms with E-state index in [9.17, 15) is 14.9 Å². The summed E-state index contributed by atoms with van der Waals surface area (Å²) in [6, 6.07) is 14.4. The van der Waals surface area contributed by atoms with Gasteiger partial charge in [-0.1, -0.05) is 42.5 Å². The average Bonchev–Trinajstić information content (AvgIpc) is 2.55. The zero-order valence-electron chi connectivity index (χ0n) is 11.8. The summed E-state index contributed by atoms with van der Waals surface area (Å²) in [5, 5.41) is 10.5. The van der Waals surface area contributed by atoms with E-state index in [1.807, 2.05) is 12.3 Å². The fourth-order valence-corrected chi connectivity index (χ4v) is 1.49. The van der Waals surface area contributed by atoms with Crippen molar-refractivity contribution in [1.82, 2.24) is 0 Å². The van der Waals surface area contributed by atoms with E-state index >= 15 is 0 Å². The topological polar surface area (TPSA) is 86.2 Å². The molecule has 2 N–H and O–H groups in total. The van der Waals surface area contributed by atoms with Crippen LogP contribution in [-0.2, 0) is 0 Å². The monoisotopic (exact) mass is 334 g/mol. The van der Waals surface area contributed by atoms with Crippen molar-refractivity contribution >= 4 is 39.8 Å². The highest BCUT2D eigenvalue weighted by molar-refractivity contribution is 8.22. The zero-order chi connectivity index (χ0) is 16.5. The Bertz CT molecular complexity index is 658. The van der Waals surface area contributed by atoms with Crippen LogP contribution >= 0.6 is 24.0 Å². The summed E-state index contributed by atoms with van der Waals surface area (Å²) in [5.41, 5.74) is 5.98. The maximum absolute atomic E-state index is 12.0. The van der Waals surface area contributed by atoms with Crippen molar-refractivity contribution in [1.29, 1.82) is 0 Å². The highest BCUT2D eigenvalue weighted by Gasteiger charge is 2.10. The SMILES string of the molecule is CSC(N)=S.O=C(c1ccccc1)c1ccc([N+](=O)[O-])cc1. The number of nitro groups is 1. The standard InChI is InChI=1S/C13H9NO3.C2H5NS2/c15-13(10-4-2-1-3-5-10)11-6-8-12(9-7-11)14(16)17;1-5-2(3)4/h1-9H;1H3,(H2,3,4). The van der Waals surface area contributed by atoms with Crippen molar-refractivity contribution in [2.75, 3.05) is 6.26 Å². The second kappa shape index (κ2) is 8.91. The third kappa shape index (κ3) is 5.63. The molecule has 0 fully saturated rings. The molecular weight excluding hydrogens is 320 g/mol. The first kappa shape index (κ1) is 17.8. The van der Waals surface area contributed by atoms with Crippen LogP contribution in [-0.4, -0.2) is 21.3 Å². The van der Waals surface area contributed by atoms with Crippen molar-refractivity contribution < 1.29 is 9.72 Å². The molecule has 0 aliphatic heterocycles. The highest BCUT2D eigenvalue weighted by atomic mass is 32.2. The molecule has 0 spiro atoms. The molecule has 0 heterocycles. The molecule has 114 valence electrons. The van der Waals surface area contributed by atoms with E-state index in [0.717, 1.165) is 0 Å². The maximum atomic E-state index is 12.0. The molecular formula is C15H14N2O3S2. The Labute approximate surface area is 137 Å². The lowest BCUT2D eigenvalue weighted by atomic mass is 10.0. The number of ketones is 1. The van der Waals surface area contributed by atoms with Gasteiger partial charge in [0.25, 0.3) is 5.69 Å². The van der Waals surface area contributed by atoms with Crippen LogP contribution in [0, 0.1) is 10.1 Å². The van der Waals surface area contributed by atoms with Crippen molar-refractivity contribution in [3.63, 3.8) is 0 Å². The van der Waals surface area contributed by atoms with E-state index in [4.69, 9.17) is 5.73 Å². The molecule has 0 atom stereocenters. The Hall–Kier alpha value is -2.25. The van der Waals surface area contributed by atoms with E-state index in [1.165, 1.54) is 36.0 Å². The van der Waals surface area contributed by atoms with Gasteiger partial charge in [-0.25, -0.2) is 0 Å². The van der Waals surface area contributed by atoms with Gasteiger partial charge in [-0.15, -0.1) is 11.8 Å². The van der Waals surface area contributed by atoms with Crippen LogP contribution in [0.2, 0.25) is 0 Å². The largest absolute Gasteiger partial charge is 0.385 e. The lowest BCUT2D eigenvalue weighted by Gasteiger charge is -2.00. The number of hydrogen-bond donors (Lipinski definition) is 1. The molecule has 2 rings (SSSR count). The van der Waals surface area contributed by atoms with Gasteiger partial charge < -0.3 is 5.73 Å². The molecule has 5 nitrogen and oxygen atoms in total. The summed E-state index contributed by atoms with van der Waals surface area (Å²) in [4.78, 5) is 21.9. The predicted octanol–water partition coefficient (Wildman–Crippen LogP) is 3.42. The highest BCUT2D eigenvalue weighted by Crippen LogP contribution is 2.15. The number of carbonyl (C=O) groups is 1. The molecule has 0 aliphatic rings. The molecule has 2 aromatic carbocycles. The van der Waals surface area contributed by atoms with Gasteiger partial charge in [-0.05, 0) is 18.4 Å². The average molecular weight is 334 g/mol. The summed E-state index contributed by atoms with van der Waals surface area (Å²) < 4.78 is 0.505. The number of nitrogens with two attached hydrogens (primary N) is 1. The maximum Gasteiger partial charge on any atom is 0.269 e. The molecule has 0 saturated carbocycles. The minimum Gasteiger partial charge on any atom is -0.385 e. The molecule has 22 heavy (non-hydrogen) atoms. The third-order valence-corrected chi connectivity index (χ3v) is 3.48. The zero-order valence-corrected chi connectivity index (χ0v) is 13.4. The fourth-order valence-electron chi connectivity index (χ4n) is 1.49. The van der Waals surface area contributed by atoms with Crippen LogP contribution in [0.5, 0.6) is 0 Å². The summed E-state index contributed by atoms with van der Waals surface area (Å²) >= 11 is 5.83. The van der Waals surface area contributed by atoms with Gasteiger partial charge >= 0.3 is 0 Å². The van der Waals surface area contributed by atoms with Crippen LogP contribution in [0.25, 0.3) is 0 Å². The molecule has 0 aromatic heterocycles. The minimum atomic E-state index is -0.489. The van der Waals surface area contributed by atoms with E-state index in [-0.39, 0.29) is 11.5 Å². The Morgan fingerprint density at radius 3 is 1.95 bits per heavy atom. The van der Waals surface area contributed by atoms with E-state index in [0.29, 0.717) is 15.4 Å². The lowest BCUT2D eigenvalue weighted by molar-refractivity contribution is -0.384. The molecule has 0 unspecified atom stereocenters. The number of nitrogens with zero attached hydrogens (tertiary/aromatic N) is 1. The molecule has 2 aromatic rings. The van der Waals surface area contributed by atoms with Crippen LogP contribution in [0.4, 0.5) is 5.69 Å². The number of benzene rings is 2. The first-order valence-corrected chi connectivity index (χ1v) is 7.76. The molecule has 0 aliphatic carbocycles. The van der Waals surface area contributed by atoms with Gasteiger partial charge in [0.05, 0.1) is 4.92 Å². The number of thioether (sulfide) groups is 1. The van der Waals surface area contributed by atoms with Crippen LogP contribution in [0.15, 0.2) is 54.6 Å². The van der Waals surface area contributed by atoms with Crippen LogP contribution in [0.1, 0.15) is 15.9 Å². The van der Waals surface area contributed by atoms with Gasteiger partial charge in [0, 0.05) is 23.3 Å². The molecule has 0 radical (unpaired) electrons. The van der Waals surface area contributed by atoms with Crippen molar-refractivity contribution in [2.45, 2.75) is 0 Å². The molecule has 0 bridgehead atoms. The van der Waals surface area contributed by atoms with E-state index in [1.54, 1.807) is 24.3 Å². The number of non-ortho nitro benzene ring substituents is 1. The molecule has 0 amide bonds. The molecule has 7 heteroatoms. The lowest BCUT2D eigenvalue weighted by Crippen LogP contribution is -2.00. The van der Waals surface area contributed by atoms with Gasteiger partial charge in [0.1, 0.15) is 4.32 Å². The minimum absolute atomic E-state index is 0.0189. The van der Waals surface area contributed by atoms with E-state index < -0.39 is 4.92 Å². The van der Waals surface area contributed by atoms with Crippen molar-refractivity contribution in [3.8, 4) is 0 Å². The number of rotatable bonds is 3. The Balaban J connectivity index is 0.000000422. The Morgan fingerprint density at radius 2 is 1.55 bits per heavy atom. The van der Waals surface area contributed by atoms with Gasteiger partial charge in [-0.2, -0.15) is 0 Å². The smallest absolute Gasteiger partial charge is 0.269 e. The predicted molar refractivity (Wildman–Crippen MR) is 93.3 cm³/mol. The first-order chi connectivity index (χ1) is 10.5. The van der Waals surface area contributed by atoms with Gasteiger partial charge in [0.2, 0.25) is 0 Å². The van der Waals surface area contributed by atoms with Gasteiger partial charge in [0.15, 0.2) is 5.78 Å².